The number of likely N-dealkylation sites (tertiary alicyclic amines) is 1. The van der Waals surface area contributed by atoms with Gasteiger partial charge >= 0.3 is 0 Å². The van der Waals surface area contributed by atoms with Crippen LogP contribution in [0.3, 0.4) is 0 Å². The van der Waals surface area contributed by atoms with E-state index in [0.29, 0.717) is 0 Å². The summed E-state index contributed by atoms with van der Waals surface area (Å²) >= 11 is 0. The number of ether oxygens (including phenoxy) is 1. The van der Waals surface area contributed by atoms with Crippen LogP contribution in [0.15, 0.2) is 4.99 Å². The van der Waals surface area contributed by atoms with E-state index < -0.39 is 0 Å². The topological polar surface area (TPSA) is 36.9 Å². The lowest BCUT2D eigenvalue weighted by Crippen LogP contribution is -2.48. The quantitative estimate of drug-likeness (QED) is 0.463. The normalized spacial score (nSPS) is 26.4. The minimum atomic E-state index is 0. The van der Waals surface area contributed by atoms with Crippen LogP contribution in [0.4, 0.5) is 0 Å². The van der Waals surface area contributed by atoms with E-state index in [2.05, 4.69) is 31.0 Å². The molecule has 1 N–H and O–H groups in total. The first-order valence-electron chi connectivity index (χ1n) is 7.24. The van der Waals surface area contributed by atoms with Crippen molar-refractivity contribution in [2.75, 3.05) is 39.4 Å². The van der Waals surface area contributed by atoms with E-state index in [9.17, 15) is 0 Å². The van der Waals surface area contributed by atoms with Gasteiger partial charge in [0.2, 0.25) is 0 Å². The number of aliphatic imine (C=N–C) groups is 1. The zero-order chi connectivity index (χ0) is 13.0. The lowest BCUT2D eigenvalue weighted by molar-refractivity contribution is -0.0946. The van der Waals surface area contributed by atoms with Crippen LogP contribution in [0.1, 0.15) is 33.6 Å². The van der Waals surface area contributed by atoms with E-state index in [0.717, 1.165) is 51.3 Å². The molecule has 2 heterocycles. The van der Waals surface area contributed by atoms with Crippen molar-refractivity contribution in [1.82, 2.24) is 10.2 Å². The summed E-state index contributed by atoms with van der Waals surface area (Å²) in [6.45, 7) is 12.5. The van der Waals surface area contributed by atoms with Crippen molar-refractivity contribution in [2.24, 2.45) is 16.3 Å². The zero-order valence-electron chi connectivity index (χ0n) is 12.4. The van der Waals surface area contributed by atoms with E-state index in [1.165, 1.54) is 12.8 Å². The Kier molecular flexibility index (Phi) is 6.86. The van der Waals surface area contributed by atoms with Gasteiger partial charge in [-0.1, -0.05) is 13.8 Å². The molecule has 0 aromatic heterocycles. The second kappa shape index (κ2) is 7.67. The van der Waals surface area contributed by atoms with Crippen LogP contribution in [0.5, 0.6) is 0 Å². The molecule has 0 aromatic carbocycles. The number of hydrogen-bond donors (Lipinski definition) is 1. The van der Waals surface area contributed by atoms with Gasteiger partial charge in [0, 0.05) is 25.0 Å². The van der Waals surface area contributed by atoms with Crippen LogP contribution in [0.2, 0.25) is 0 Å². The number of piperidine rings is 1. The van der Waals surface area contributed by atoms with Crippen molar-refractivity contribution < 1.29 is 4.74 Å². The van der Waals surface area contributed by atoms with Gasteiger partial charge in [0.15, 0.2) is 5.96 Å². The molecule has 0 aliphatic carbocycles. The van der Waals surface area contributed by atoms with Crippen molar-refractivity contribution in [3.05, 3.63) is 0 Å². The van der Waals surface area contributed by atoms with Crippen molar-refractivity contribution in [3.8, 4) is 0 Å². The highest BCUT2D eigenvalue weighted by atomic mass is 127. The maximum Gasteiger partial charge on any atom is 0.193 e. The summed E-state index contributed by atoms with van der Waals surface area (Å²) < 4.78 is 5.29. The Balaban J connectivity index is 0.00000180. The molecule has 2 rings (SSSR count). The minimum absolute atomic E-state index is 0. The van der Waals surface area contributed by atoms with Crippen molar-refractivity contribution >= 4 is 29.9 Å². The predicted octanol–water partition coefficient (Wildman–Crippen LogP) is 2.34. The molecule has 0 amide bonds. The Morgan fingerprint density at radius 3 is 2.74 bits per heavy atom. The van der Waals surface area contributed by atoms with Crippen LogP contribution >= 0.6 is 24.0 Å². The summed E-state index contributed by atoms with van der Waals surface area (Å²) in [6.07, 6.45) is 2.63. The summed E-state index contributed by atoms with van der Waals surface area (Å²) in [5.41, 5.74) is 0.266. The SMILES string of the molecule is CCNC(=NCC1(C)COC1)N1CCCC(C)C1.I. The molecule has 0 bridgehead atoms. The fraction of sp³-hybridized carbons (Fsp3) is 0.929. The lowest BCUT2D eigenvalue weighted by atomic mass is 9.89. The Morgan fingerprint density at radius 2 is 2.21 bits per heavy atom. The molecule has 0 saturated carbocycles. The Bertz CT molecular complexity index is 305. The van der Waals surface area contributed by atoms with Crippen LogP contribution in [0, 0.1) is 11.3 Å². The molecule has 0 radical (unpaired) electrons. The summed E-state index contributed by atoms with van der Waals surface area (Å²) in [5.74, 6) is 1.88. The Morgan fingerprint density at radius 1 is 1.47 bits per heavy atom. The maximum absolute atomic E-state index is 5.29. The van der Waals surface area contributed by atoms with Crippen molar-refractivity contribution in [3.63, 3.8) is 0 Å². The number of guanidine groups is 1. The highest BCUT2D eigenvalue weighted by Crippen LogP contribution is 2.26. The zero-order valence-corrected chi connectivity index (χ0v) is 14.8. The molecular weight excluding hydrogens is 353 g/mol. The fourth-order valence-corrected chi connectivity index (χ4v) is 2.62. The van der Waals surface area contributed by atoms with E-state index in [1.807, 2.05) is 0 Å². The molecule has 2 aliphatic rings. The molecule has 2 saturated heterocycles. The average Bonchev–Trinajstić information content (AvgIpc) is 2.32. The van der Waals surface area contributed by atoms with Gasteiger partial charge in [-0.3, -0.25) is 4.99 Å². The van der Waals surface area contributed by atoms with E-state index in [4.69, 9.17) is 9.73 Å². The molecule has 1 unspecified atom stereocenters. The number of halogens is 1. The third-order valence-corrected chi connectivity index (χ3v) is 3.80. The fourth-order valence-electron chi connectivity index (χ4n) is 2.62. The summed E-state index contributed by atoms with van der Waals surface area (Å²) in [7, 11) is 0. The second-order valence-corrected chi connectivity index (χ2v) is 6.17. The van der Waals surface area contributed by atoms with Crippen LogP contribution in [-0.4, -0.2) is 50.3 Å². The van der Waals surface area contributed by atoms with E-state index in [1.54, 1.807) is 0 Å². The second-order valence-electron chi connectivity index (χ2n) is 6.17. The van der Waals surface area contributed by atoms with Crippen molar-refractivity contribution in [2.45, 2.75) is 33.6 Å². The molecule has 2 fully saturated rings. The number of hydrogen-bond acceptors (Lipinski definition) is 2. The molecule has 5 heteroatoms. The smallest absolute Gasteiger partial charge is 0.193 e. The molecule has 19 heavy (non-hydrogen) atoms. The average molecular weight is 381 g/mol. The van der Waals surface area contributed by atoms with Gasteiger partial charge in [-0.15, -0.1) is 24.0 Å². The molecular formula is C14H28IN3O. The standard InChI is InChI=1S/C14H27N3O.HI/c1-4-15-13(16-9-14(3)10-18-11-14)17-7-5-6-12(2)8-17;/h12H,4-11H2,1-3H3,(H,15,16);1H. The predicted molar refractivity (Wildman–Crippen MR) is 90.3 cm³/mol. The van der Waals surface area contributed by atoms with Gasteiger partial charge in [0.1, 0.15) is 0 Å². The highest BCUT2D eigenvalue weighted by molar-refractivity contribution is 14.0. The summed E-state index contributed by atoms with van der Waals surface area (Å²) in [4.78, 5) is 7.23. The number of rotatable bonds is 3. The molecule has 4 nitrogen and oxygen atoms in total. The molecule has 0 spiro atoms. The maximum atomic E-state index is 5.29. The van der Waals surface area contributed by atoms with Crippen LogP contribution < -0.4 is 5.32 Å². The summed E-state index contributed by atoms with van der Waals surface area (Å²) in [6, 6.07) is 0. The highest BCUT2D eigenvalue weighted by Gasteiger charge is 2.33. The van der Waals surface area contributed by atoms with E-state index in [-0.39, 0.29) is 29.4 Å². The third kappa shape index (κ3) is 4.77. The van der Waals surface area contributed by atoms with Gasteiger partial charge in [0.25, 0.3) is 0 Å². The molecule has 112 valence electrons. The first-order valence-corrected chi connectivity index (χ1v) is 7.24. The first-order chi connectivity index (χ1) is 8.63. The van der Waals surface area contributed by atoms with Gasteiger partial charge in [0.05, 0.1) is 19.8 Å². The first kappa shape index (κ1) is 17.0. The summed E-state index contributed by atoms with van der Waals surface area (Å²) in [5, 5.41) is 3.43. The van der Waals surface area contributed by atoms with Gasteiger partial charge < -0.3 is 15.0 Å². The molecule has 0 aromatic rings. The third-order valence-electron chi connectivity index (χ3n) is 3.80. The molecule has 2 aliphatic heterocycles. The molecule has 1 atom stereocenters. The Labute approximate surface area is 134 Å². The Hall–Kier alpha value is -0.0400. The minimum Gasteiger partial charge on any atom is -0.380 e. The number of nitrogens with one attached hydrogen (secondary N) is 1. The number of nitrogens with zero attached hydrogens (tertiary/aromatic N) is 2. The lowest BCUT2D eigenvalue weighted by Gasteiger charge is -2.38. The van der Waals surface area contributed by atoms with E-state index >= 15 is 0 Å². The van der Waals surface area contributed by atoms with Crippen molar-refractivity contribution in [1.29, 1.82) is 0 Å². The van der Waals surface area contributed by atoms with Crippen LogP contribution in [-0.2, 0) is 4.74 Å². The van der Waals surface area contributed by atoms with Gasteiger partial charge in [-0.05, 0) is 25.7 Å². The monoisotopic (exact) mass is 381 g/mol. The largest absolute Gasteiger partial charge is 0.380 e. The van der Waals surface area contributed by atoms with Gasteiger partial charge in [-0.25, -0.2) is 0 Å². The van der Waals surface area contributed by atoms with Crippen LogP contribution in [0.25, 0.3) is 0 Å². The van der Waals surface area contributed by atoms with Gasteiger partial charge in [-0.2, -0.15) is 0 Å².